The number of allylic oxidation sites excluding steroid dienone is 5. The van der Waals surface area contributed by atoms with E-state index >= 15 is 0 Å². The van der Waals surface area contributed by atoms with Gasteiger partial charge in [-0.2, -0.15) is 0 Å². The highest BCUT2D eigenvalue weighted by Crippen LogP contribution is 2.26. The van der Waals surface area contributed by atoms with E-state index in [1.54, 1.807) is 6.08 Å². The zero-order valence-electron chi connectivity index (χ0n) is 52.9. The lowest BCUT2D eigenvalue weighted by Crippen LogP contribution is -2.61. The minimum Gasteiger partial charge on any atom is -0.454 e. The van der Waals surface area contributed by atoms with E-state index in [0.717, 1.165) is 70.6 Å². The Morgan fingerprint density at radius 3 is 1.21 bits per heavy atom. The maximum absolute atomic E-state index is 13.4. The number of rotatable bonds is 60. The van der Waals surface area contributed by atoms with Crippen LogP contribution in [0.15, 0.2) is 36.5 Å². The maximum atomic E-state index is 13.4. The molecule has 1 aliphatic heterocycles. The van der Waals surface area contributed by atoms with Gasteiger partial charge in [0.1, 0.15) is 24.4 Å². The average molecular weight is 1150 g/mol. The Hall–Kier alpha value is -2.12. The van der Waals surface area contributed by atoms with E-state index in [-0.39, 0.29) is 19.4 Å². The highest BCUT2D eigenvalue weighted by atomic mass is 16.7. The van der Waals surface area contributed by atoms with Crippen LogP contribution < -0.4 is 5.32 Å². The summed E-state index contributed by atoms with van der Waals surface area (Å²) in [6.45, 7) is 5.81. The number of hydrogen-bond acceptors (Lipinski definition) is 10. The van der Waals surface area contributed by atoms with E-state index < -0.39 is 67.4 Å². The maximum Gasteiger partial charge on any atom is 0.306 e. The summed E-state index contributed by atoms with van der Waals surface area (Å²) in [4.78, 5) is 26.6. The number of amides is 1. The zero-order valence-corrected chi connectivity index (χ0v) is 52.9. The molecule has 1 amide bonds. The Balaban J connectivity index is 2.56. The average Bonchev–Trinajstić information content (AvgIpc) is 3.46. The molecule has 1 aliphatic rings. The second-order valence-electron chi connectivity index (χ2n) is 24.3. The van der Waals surface area contributed by atoms with Gasteiger partial charge in [-0.1, -0.05) is 288 Å². The van der Waals surface area contributed by atoms with E-state index in [1.165, 1.54) is 218 Å². The second-order valence-corrected chi connectivity index (χ2v) is 24.3. The molecule has 1 fully saturated rings. The van der Waals surface area contributed by atoms with E-state index in [0.29, 0.717) is 12.8 Å². The summed E-state index contributed by atoms with van der Waals surface area (Å²) in [5.74, 6) is -1.19. The zero-order chi connectivity index (χ0) is 58.9. The van der Waals surface area contributed by atoms with Crippen LogP contribution in [-0.2, 0) is 23.8 Å². The predicted octanol–water partition coefficient (Wildman–Crippen LogP) is 17.4. The van der Waals surface area contributed by atoms with E-state index in [4.69, 9.17) is 14.2 Å². The number of hydrogen-bond donors (Lipinski definition) is 6. The first-order valence-corrected chi connectivity index (χ1v) is 34.8. The third-order valence-corrected chi connectivity index (χ3v) is 16.5. The van der Waals surface area contributed by atoms with Gasteiger partial charge in [-0.15, -0.1) is 0 Å². The van der Waals surface area contributed by atoms with Crippen LogP contribution in [0.2, 0.25) is 0 Å². The Morgan fingerprint density at radius 2 is 0.815 bits per heavy atom. The topological polar surface area (TPSA) is 175 Å². The Morgan fingerprint density at radius 1 is 0.469 bits per heavy atom. The molecule has 0 aliphatic carbocycles. The van der Waals surface area contributed by atoms with Crippen LogP contribution in [0.25, 0.3) is 0 Å². The van der Waals surface area contributed by atoms with Gasteiger partial charge in [-0.3, -0.25) is 9.59 Å². The van der Waals surface area contributed by atoms with Crippen LogP contribution in [0, 0.1) is 0 Å². The van der Waals surface area contributed by atoms with Crippen molar-refractivity contribution in [2.45, 2.75) is 384 Å². The molecule has 0 bridgehead atoms. The summed E-state index contributed by atoms with van der Waals surface area (Å²) in [7, 11) is 0. The third-order valence-electron chi connectivity index (χ3n) is 16.5. The summed E-state index contributed by atoms with van der Waals surface area (Å²) in [6.07, 6.45) is 60.5. The first kappa shape index (κ1) is 76.9. The molecule has 11 nitrogen and oxygen atoms in total. The van der Waals surface area contributed by atoms with E-state index in [2.05, 4.69) is 50.4 Å². The van der Waals surface area contributed by atoms with Crippen LogP contribution in [0.4, 0.5) is 0 Å². The lowest BCUT2D eigenvalue weighted by atomic mass is 9.99. The standard InChI is InChI=1S/C70H131NO10/c1-4-7-10-13-16-19-22-25-27-28-29-30-31-32-33-34-35-36-37-40-43-46-49-52-55-58-65(75)81-68-67(77)66(76)64(59-72)80-70(68)79-60-61(62(73)56-53-50-47-44-41-38-24-21-18-15-12-9-6-3)71-69(78)63(74)57-54-51-48-45-42-39-26-23-20-17-14-11-8-5-2/h20,23,25,27,53,56,61-64,66-68,70,72-74,76-77H,4-19,21-22,24,26,28-52,54-55,57-60H2,1-3H3,(H,71,78)/b23-20-,27-25+,56-53+. The third kappa shape index (κ3) is 45.9. The smallest absolute Gasteiger partial charge is 0.306 e. The molecule has 1 saturated heterocycles. The molecule has 0 aromatic rings. The lowest BCUT2D eigenvalue weighted by Gasteiger charge is -2.41. The number of unbranched alkanes of at least 4 members (excludes halogenated alkanes) is 42. The van der Waals surface area contributed by atoms with Crippen LogP contribution in [-0.4, -0.2) is 99.6 Å². The van der Waals surface area contributed by atoms with Gasteiger partial charge in [0, 0.05) is 6.42 Å². The van der Waals surface area contributed by atoms with Crippen molar-refractivity contribution >= 4 is 11.9 Å². The van der Waals surface area contributed by atoms with Crippen molar-refractivity contribution in [2.24, 2.45) is 0 Å². The van der Waals surface area contributed by atoms with Gasteiger partial charge in [-0.05, 0) is 77.0 Å². The van der Waals surface area contributed by atoms with E-state index in [1.807, 2.05) is 6.08 Å². The Bertz CT molecular complexity index is 1460. The summed E-state index contributed by atoms with van der Waals surface area (Å²) in [6, 6.07) is -1.02. The minimum atomic E-state index is -1.61. The Labute approximate surface area is 498 Å². The van der Waals surface area contributed by atoms with Gasteiger partial charge in [-0.25, -0.2) is 0 Å². The normalized spacial score (nSPS) is 18.8. The molecule has 1 heterocycles. The van der Waals surface area contributed by atoms with E-state index in [9.17, 15) is 35.1 Å². The molecule has 1 rings (SSSR count). The van der Waals surface area contributed by atoms with Crippen LogP contribution in [0.1, 0.15) is 335 Å². The van der Waals surface area contributed by atoms with Crippen molar-refractivity contribution in [2.75, 3.05) is 13.2 Å². The largest absolute Gasteiger partial charge is 0.454 e. The van der Waals surface area contributed by atoms with Gasteiger partial charge in [0.2, 0.25) is 5.91 Å². The minimum absolute atomic E-state index is 0.127. The highest BCUT2D eigenvalue weighted by Gasteiger charge is 2.47. The van der Waals surface area contributed by atoms with Crippen molar-refractivity contribution in [1.82, 2.24) is 5.32 Å². The summed E-state index contributed by atoms with van der Waals surface area (Å²) in [5, 5.41) is 57.1. The fourth-order valence-electron chi connectivity index (χ4n) is 11.0. The van der Waals surface area contributed by atoms with Gasteiger partial charge in [0.15, 0.2) is 12.4 Å². The molecule has 0 saturated carbocycles. The summed E-state index contributed by atoms with van der Waals surface area (Å²) >= 11 is 0. The number of esters is 1. The number of aliphatic hydroxyl groups excluding tert-OH is 5. The first-order valence-electron chi connectivity index (χ1n) is 34.8. The monoisotopic (exact) mass is 1150 g/mol. The van der Waals surface area contributed by atoms with Crippen molar-refractivity contribution in [3.63, 3.8) is 0 Å². The summed E-state index contributed by atoms with van der Waals surface area (Å²) in [5.41, 5.74) is 0. The predicted molar refractivity (Wildman–Crippen MR) is 338 cm³/mol. The fraction of sp³-hybridized carbons (Fsp3) is 0.886. The van der Waals surface area contributed by atoms with Gasteiger partial charge in [0.25, 0.3) is 0 Å². The quantitative estimate of drug-likeness (QED) is 0.0195. The summed E-state index contributed by atoms with van der Waals surface area (Å²) < 4.78 is 17.7. The molecule has 8 unspecified atom stereocenters. The molecular weight excluding hydrogens is 1010 g/mol. The Kier molecular flexibility index (Phi) is 55.3. The van der Waals surface area contributed by atoms with Crippen LogP contribution in [0.3, 0.4) is 0 Å². The van der Waals surface area contributed by atoms with Crippen molar-refractivity contribution in [1.29, 1.82) is 0 Å². The molecule has 476 valence electrons. The lowest BCUT2D eigenvalue weighted by molar-refractivity contribution is -0.305. The van der Waals surface area contributed by atoms with Crippen molar-refractivity contribution in [3.05, 3.63) is 36.5 Å². The van der Waals surface area contributed by atoms with Gasteiger partial charge < -0.3 is 45.1 Å². The molecular formula is C70H131NO10. The molecule has 0 spiro atoms. The number of carbonyl (C=O) groups is 2. The second kappa shape index (κ2) is 58.3. The number of ether oxygens (including phenoxy) is 3. The first-order chi connectivity index (χ1) is 39.7. The SMILES string of the molecule is CCCCCC/C=C\CCCCCCCCC(O)C(=O)NC(COC1OC(CO)C(O)C(O)C1OC(=O)CCCCCCCCCCCCCCCCC/C=C/CCCCCCCC)C(O)/C=C/CCCCCCCCCCCCC. The molecule has 6 N–H and O–H groups in total. The van der Waals surface area contributed by atoms with Crippen molar-refractivity contribution < 1.29 is 49.3 Å². The number of nitrogens with one attached hydrogen (secondary N) is 1. The number of carbonyl (C=O) groups excluding carboxylic acids is 2. The van der Waals surface area contributed by atoms with Crippen LogP contribution >= 0.6 is 0 Å². The molecule has 8 atom stereocenters. The molecule has 0 aromatic heterocycles. The number of aliphatic hydroxyl groups is 5. The molecule has 0 aromatic carbocycles. The van der Waals surface area contributed by atoms with Crippen molar-refractivity contribution in [3.8, 4) is 0 Å². The molecule has 81 heavy (non-hydrogen) atoms. The highest BCUT2D eigenvalue weighted by molar-refractivity contribution is 5.80. The van der Waals surface area contributed by atoms with Gasteiger partial charge >= 0.3 is 5.97 Å². The molecule has 11 heteroatoms. The molecule has 0 radical (unpaired) electrons. The van der Waals surface area contributed by atoms with Crippen LogP contribution in [0.5, 0.6) is 0 Å². The fourth-order valence-corrected chi connectivity index (χ4v) is 11.0. The van der Waals surface area contributed by atoms with Gasteiger partial charge in [0.05, 0.1) is 25.4 Å².